The molecule has 0 unspecified atom stereocenters. The average molecular weight is 403 g/mol. The molecular weight excluding hydrogens is 381 g/mol. The van der Waals surface area contributed by atoms with Crippen LogP contribution in [0.1, 0.15) is 35.7 Å². The van der Waals surface area contributed by atoms with E-state index < -0.39 is 18.0 Å². The minimum absolute atomic E-state index is 0.0152. The molecule has 2 aromatic rings. The Hall–Kier alpha value is -2.67. The smallest absolute Gasteiger partial charge is 0.307 e. The number of nitrogens with one attached hydrogen (secondary N) is 1. The molecule has 1 atom stereocenters. The van der Waals surface area contributed by atoms with Crippen molar-refractivity contribution in [3.63, 3.8) is 0 Å². The van der Waals surface area contributed by atoms with Crippen LogP contribution in [0.4, 0.5) is 4.39 Å². The molecule has 2 rings (SSSR count). The number of benzene rings is 2. The van der Waals surface area contributed by atoms with Crippen LogP contribution in [0.5, 0.6) is 0 Å². The van der Waals surface area contributed by atoms with Gasteiger partial charge in [-0.25, -0.2) is 4.39 Å². The zero-order chi connectivity index (χ0) is 20.5. The van der Waals surface area contributed by atoms with Crippen molar-refractivity contribution >= 4 is 29.4 Å². The highest BCUT2D eigenvalue weighted by molar-refractivity contribution is 7.98. The number of thioether (sulfide) groups is 1. The van der Waals surface area contributed by atoms with Crippen LogP contribution < -0.4 is 5.32 Å². The summed E-state index contributed by atoms with van der Waals surface area (Å²) in [5.41, 5.74) is 1.27. The van der Waals surface area contributed by atoms with Gasteiger partial charge in [0.05, 0.1) is 6.42 Å². The third-order valence-electron chi connectivity index (χ3n) is 4.03. The van der Waals surface area contributed by atoms with E-state index in [9.17, 15) is 18.8 Å². The van der Waals surface area contributed by atoms with Crippen molar-refractivity contribution in [2.75, 3.05) is 6.26 Å². The van der Waals surface area contributed by atoms with E-state index >= 15 is 0 Å². The molecule has 0 radical (unpaired) electrons. The van der Waals surface area contributed by atoms with Gasteiger partial charge in [0.15, 0.2) is 11.9 Å². The SMILES string of the molecule is CSc1ccc(C(=O)CCC(=O)O[C@H](C)C(=O)NCc2ccc(F)cc2)cc1. The lowest BCUT2D eigenvalue weighted by molar-refractivity contribution is -0.154. The number of hydrogen-bond donors (Lipinski definition) is 1. The van der Waals surface area contributed by atoms with E-state index in [1.807, 2.05) is 18.4 Å². The molecule has 0 aliphatic rings. The Morgan fingerprint density at radius 1 is 1.04 bits per heavy atom. The van der Waals surface area contributed by atoms with Gasteiger partial charge in [-0.3, -0.25) is 14.4 Å². The number of amides is 1. The Labute approximate surface area is 167 Å². The van der Waals surface area contributed by atoms with Crippen molar-refractivity contribution in [3.05, 3.63) is 65.5 Å². The standard InChI is InChI=1S/C21H22FNO4S/c1-14(21(26)23-13-15-3-7-17(22)8-4-15)27-20(25)12-11-19(24)16-5-9-18(28-2)10-6-16/h3-10,14H,11-13H2,1-2H3,(H,23,26)/t14-/m1/s1. The first kappa shape index (κ1) is 21.6. The zero-order valence-electron chi connectivity index (χ0n) is 15.7. The Morgan fingerprint density at radius 2 is 1.68 bits per heavy atom. The molecule has 0 heterocycles. The molecule has 0 aliphatic heterocycles. The fourth-order valence-electron chi connectivity index (χ4n) is 2.38. The Morgan fingerprint density at radius 3 is 2.29 bits per heavy atom. The number of ketones is 1. The van der Waals surface area contributed by atoms with Gasteiger partial charge in [0.2, 0.25) is 0 Å². The van der Waals surface area contributed by atoms with Crippen LogP contribution in [0.2, 0.25) is 0 Å². The fourth-order valence-corrected chi connectivity index (χ4v) is 2.79. The summed E-state index contributed by atoms with van der Waals surface area (Å²) in [4.78, 5) is 37.1. The maximum Gasteiger partial charge on any atom is 0.307 e. The molecule has 0 aromatic heterocycles. The molecule has 2 aromatic carbocycles. The fraction of sp³-hybridized carbons (Fsp3) is 0.286. The van der Waals surface area contributed by atoms with Crippen LogP contribution in [0.25, 0.3) is 0 Å². The molecular formula is C21H22FNO4S. The first-order valence-corrected chi connectivity index (χ1v) is 10.0. The molecule has 28 heavy (non-hydrogen) atoms. The maximum absolute atomic E-state index is 12.9. The van der Waals surface area contributed by atoms with Gasteiger partial charge in [0.25, 0.3) is 5.91 Å². The number of halogens is 1. The number of ether oxygens (including phenoxy) is 1. The van der Waals surface area contributed by atoms with Crippen molar-refractivity contribution in [3.8, 4) is 0 Å². The Bertz CT molecular complexity index is 821. The highest BCUT2D eigenvalue weighted by atomic mass is 32.2. The summed E-state index contributed by atoms with van der Waals surface area (Å²) in [6, 6.07) is 12.9. The lowest BCUT2D eigenvalue weighted by Crippen LogP contribution is -2.35. The van der Waals surface area contributed by atoms with Crippen molar-refractivity contribution in [2.24, 2.45) is 0 Å². The maximum atomic E-state index is 12.9. The molecule has 0 bridgehead atoms. The second-order valence-electron chi connectivity index (χ2n) is 6.13. The van der Waals surface area contributed by atoms with Gasteiger partial charge in [-0.1, -0.05) is 24.3 Å². The molecule has 5 nitrogen and oxygen atoms in total. The number of rotatable bonds is 9. The van der Waals surface area contributed by atoms with Crippen molar-refractivity contribution in [1.29, 1.82) is 0 Å². The normalized spacial score (nSPS) is 11.5. The molecule has 148 valence electrons. The molecule has 0 saturated carbocycles. The lowest BCUT2D eigenvalue weighted by Gasteiger charge is -2.13. The van der Waals surface area contributed by atoms with E-state index in [1.165, 1.54) is 19.1 Å². The van der Waals surface area contributed by atoms with Gasteiger partial charge in [-0.2, -0.15) is 0 Å². The molecule has 1 N–H and O–H groups in total. The van der Waals surface area contributed by atoms with Crippen molar-refractivity contribution < 1.29 is 23.5 Å². The van der Waals surface area contributed by atoms with Gasteiger partial charge < -0.3 is 10.1 Å². The number of carbonyl (C=O) groups excluding carboxylic acids is 3. The van der Waals surface area contributed by atoms with E-state index in [0.717, 1.165) is 10.5 Å². The van der Waals surface area contributed by atoms with Crippen molar-refractivity contribution in [1.82, 2.24) is 5.32 Å². The van der Waals surface area contributed by atoms with E-state index in [0.29, 0.717) is 5.56 Å². The van der Waals surface area contributed by atoms with E-state index in [1.54, 1.807) is 36.0 Å². The van der Waals surface area contributed by atoms with E-state index in [2.05, 4.69) is 5.32 Å². The van der Waals surface area contributed by atoms with Crippen molar-refractivity contribution in [2.45, 2.75) is 37.3 Å². The Balaban J connectivity index is 1.73. The van der Waals surface area contributed by atoms with Crippen LogP contribution in [0.3, 0.4) is 0 Å². The van der Waals surface area contributed by atoms with E-state index in [-0.39, 0.29) is 31.0 Å². The first-order valence-electron chi connectivity index (χ1n) is 8.78. The van der Waals surface area contributed by atoms with Gasteiger partial charge in [-0.15, -0.1) is 11.8 Å². The second-order valence-corrected chi connectivity index (χ2v) is 7.01. The van der Waals surface area contributed by atoms with Crippen LogP contribution in [-0.4, -0.2) is 30.0 Å². The predicted octanol–water partition coefficient (Wildman–Crippen LogP) is 3.76. The summed E-state index contributed by atoms with van der Waals surface area (Å²) in [6.07, 6.45) is 0.882. The van der Waals surface area contributed by atoms with Gasteiger partial charge >= 0.3 is 5.97 Å². The summed E-state index contributed by atoms with van der Waals surface area (Å²) in [6.45, 7) is 1.66. The van der Waals surface area contributed by atoms with E-state index in [4.69, 9.17) is 4.74 Å². The Kier molecular flexibility index (Phi) is 8.19. The number of esters is 1. The topological polar surface area (TPSA) is 72.5 Å². The first-order chi connectivity index (χ1) is 13.4. The van der Waals surface area contributed by atoms with Crippen LogP contribution in [0.15, 0.2) is 53.4 Å². The summed E-state index contributed by atoms with van der Waals surface area (Å²) < 4.78 is 17.9. The predicted molar refractivity (Wildman–Crippen MR) is 106 cm³/mol. The molecule has 7 heteroatoms. The molecule has 0 spiro atoms. The van der Waals surface area contributed by atoms with Crippen LogP contribution in [0, 0.1) is 5.82 Å². The third kappa shape index (κ3) is 6.81. The lowest BCUT2D eigenvalue weighted by atomic mass is 10.1. The number of hydrogen-bond acceptors (Lipinski definition) is 5. The molecule has 0 fully saturated rings. The van der Waals surface area contributed by atoms with Gasteiger partial charge in [0, 0.05) is 23.4 Å². The number of Topliss-reactive ketones (excluding diaryl/α,β-unsaturated/α-hetero) is 1. The summed E-state index contributed by atoms with van der Waals surface area (Å²) in [5.74, 6) is -1.58. The minimum atomic E-state index is -0.982. The molecule has 0 aliphatic carbocycles. The van der Waals surface area contributed by atoms with Crippen LogP contribution in [-0.2, 0) is 20.9 Å². The zero-order valence-corrected chi connectivity index (χ0v) is 16.6. The average Bonchev–Trinajstić information content (AvgIpc) is 2.71. The molecule has 1 amide bonds. The summed E-state index contributed by atoms with van der Waals surface area (Å²) >= 11 is 1.58. The largest absolute Gasteiger partial charge is 0.453 e. The van der Waals surface area contributed by atoms with Crippen LogP contribution >= 0.6 is 11.8 Å². The third-order valence-corrected chi connectivity index (χ3v) is 4.77. The highest BCUT2D eigenvalue weighted by Gasteiger charge is 2.18. The summed E-state index contributed by atoms with van der Waals surface area (Å²) in [5, 5.41) is 2.62. The molecule has 0 saturated heterocycles. The highest BCUT2D eigenvalue weighted by Crippen LogP contribution is 2.16. The number of carbonyl (C=O) groups is 3. The monoisotopic (exact) mass is 403 g/mol. The minimum Gasteiger partial charge on any atom is -0.453 e. The second kappa shape index (κ2) is 10.6. The summed E-state index contributed by atoms with van der Waals surface area (Å²) in [7, 11) is 0. The quantitative estimate of drug-likeness (QED) is 0.392. The van der Waals surface area contributed by atoms with Gasteiger partial charge in [-0.05, 0) is 43.0 Å². The van der Waals surface area contributed by atoms with Gasteiger partial charge in [0.1, 0.15) is 5.82 Å².